The molecule has 1 aliphatic carbocycles. The molecule has 132 valence electrons. The van der Waals surface area contributed by atoms with Crippen molar-refractivity contribution in [3.63, 3.8) is 0 Å². The van der Waals surface area contributed by atoms with Crippen LogP contribution in [0.15, 0.2) is 0 Å². The van der Waals surface area contributed by atoms with Gasteiger partial charge >= 0.3 is 6.03 Å². The molecule has 2 amide bonds. The predicted octanol–water partition coefficient (Wildman–Crippen LogP) is 2.13. The summed E-state index contributed by atoms with van der Waals surface area (Å²) in [7, 11) is 0. The van der Waals surface area contributed by atoms with Crippen molar-refractivity contribution in [2.75, 3.05) is 32.8 Å². The first-order chi connectivity index (χ1) is 10.9. The summed E-state index contributed by atoms with van der Waals surface area (Å²) in [6.45, 7) is 9.54. The Bertz CT molecular complexity index is 424. The molecule has 0 bridgehead atoms. The van der Waals surface area contributed by atoms with Crippen molar-refractivity contribution in [2.24, 2.45) is 5.92 Å². The zero-order chi connectivity index (χ0) is 16.5. The number of morpholine rings is 1. The van der Waals surface area contributed by atoms with Crippen molar-refractivity contribution < 1.29 is 19.0 Å². The molecular weight excluding hydrogens is 296 g/mol. The van der Waals surface area contributed by atoms with Gasteiger partial charge in [-0.05, 0) is 39.5 Å². The topological polar surface area (TPSA) is 60.0 Å². The largest absolute Gasteiger partial charge is 0.369 e. The van der Waals surface area contributed by atoms with Gasteiger partial charge in [0.25, 0.3) is 0 Å². The van der Waals surface area contributed by atoms with Gasteiger partial charge in [-0.15, -0.1) is 0 Å². The zero-order valence-corrected chi connectivity index (χ0v) is 14.6. The van der Waals surface area contributed by atoms with E-state index in [4.69, 9.17) is 14.2 Å². The molecule has 3 fully saturated rings. The molecule has 23 heavy (non-hydrogen) atoms. The maximum absolute atomic E-state index is 12.4. The van der Waals surface area contributed by atoms with Crippen LogP contribution in [0.4, 0.5) is 4.79 Å². The Labute approximate surface area is 138 Å². The molecular formula is C17H30N2O4. The lowest BCUT2D eigenvalue weighted by Gasteiger charge is -2.42. The van der Waals surface area contributed by atoms with E-state index in [2.05, 4.69) is 5.32 Å². The summed E-state index contributed by atoms with van der Waals surface area (Å²) in [6, 6.07) is 0.0295. The number of nitrogens with zero attached hydrogens (tertiary/aromatic N) is 1. The van der Waals surface area contributed by atoms with Gasteiger partial charge in [0.1, 0.15) is 0 Å². The van der Waals surface area contributed by atoms with Crippen LogP contribution in [0.5, 0.6) is 0 Å². The summed E-state index contributed by atoms with van der Waals surface area (Å²) in [4.78, 5) is 14.3. The second-order valence-corrected chi connectivity index (χ2v) is 7.81. The Morgan fingerprint density at radius 2 is 1.87 bits per heavy atom. The monoisotopic (exact) mass is 326 g/mol. The minimum atomic E-state index is -0.315. The van der Waals surface area contributed by atoms with E-state index in [1.165, 1.54) is 0 Å². The maximum Gasteiger partial charge on any atom is 0.317 e. The molecule has 0 aromatic carbocycles. The average molecular weight is 326 g/mol. The summed E-state index contributed by atoms with van der Waals surface area (Å²) < 4.78 is 17.4. The summed E-state index contributed by atoms with van der Waals surface area (Å²) in [5.74, 6) is 0.202. The van der Waals surface area contributed by atoms with Crippen molar-refractivity contribution in [2.45, 2.75) is 63.9 Å². The van der Waals surface area contributed by atoms with Gasteiger partial charge in [0.05, 0.1) is 31.5 Å². The second kappa shape index (κ2) is 6.57. The molecule has 3 rings (SSSR count). The summed E-state index contributed by atoms with van der Waals surface area (Å²) in [5.41, 5.74) is -0.274. The van der Waals surface area contributed by atoms with Crippen LogP contribution >= 0.6 is 0 Å². The molecule has 0 aromatic rings. The van der Waals surface area contributed by atoms with Gasteiger partial charge < -0.3 is 24.4 Å². The number of hydrogen-bond acceptors (Lipinski definition) is 4. The van der Waals surface area contributed by atoms with Gasteiger partial charge in [0.15, 0.2) is 5.79 Å². The van der Waals surface area contributed by atoms with Gasteiger partial charge in [-0.2, -0.15) is 0 Å². The van der Waals surface area contributed by atoms with Crippen LogP contribution in [0, 0.1) is 5.92 Å². The normalized spacial score (nSPS) is 30.6. The van der Waals surface area contributed by atoms with Crippen LogP contribution in [0.3, 0.4) is 0 Å². The van der Waals surface area contributed by atoms with E-state index in [1.807, 2.05) is 25.7 Å². The number of amides is 2. The molecule has 2 saturated heterocycles. The van der Waals surface area contributed by atoms with Crippen LogP contribution in [0.2, 0.25) is 0 Å². The number of rotatable bonds is 2. The highest BCUT2D eigenvalue weighted by Crippen LogP contribution is 2.38. The number of hydrogen-bond donors (Lipinski definition) is 1. The summed E-state index contributed by atoms with van der Waals surface area (Å²) in [6.07, 6.45) is 4.05. The van der Waals surface area contributed by atoms with Gasteiger partial charge in [-0.25, -0.2) is 4.79 Å². The van der Waals surface area contributed by atoms with Crippen molar-refractivity contribution in [3.05, 3.63) is 0 Å². The summed E-state index contributed by atoms with van der Waals surface area (Å²) in [5, 5.41) is 3.11. The lowest BCUT2D eigenvalue weighted by Crippen LogP contribution is -2.56. The fraction of sp³-hybridized carbons (Fsp3) is 0.941. The molecule has 1 atom stereocenters. The fourth-order valence-corrected chi connectivity index (χ4v) is 4.06. The first-order valence-electron chi connectivity index (χ1n) is 8.86. The number of carbonyl (C=O) groups excluding carboxylic acids is 1. The minimum absolute atomic E-state index is 0.0295. The van der Waals surface area contributed by atoms with E-state index in [-0.39, 0.29) is 23.5 Å². The first kappa shape index (κ1) is 17.0. The standard InChI is InChI=1S/C17H30N2O4/c1-13-11-19(12-16(2,3)23-13)15(20)18-10-14-4-6-17(7-5-14)21-8-9-22-17/h13-14H,4-12H2,1-3H3,(H,18,20)/t13-/m0/s1. The predicted molar refractivity (Wildman–Crippen MR) is 86.2 cm³/mol. The zero-order valence-electron chi connectivity index (χ0n) is 14.6. The van der Waals surface area contributed by atoms with Crippen molar-refractivity contribution in [1.82, 2.24) is 10.2 Å². The highest BCUT2D eigenvalue weighted by molar-refractivity contribution is 5.74. The highest BCUT2D eigenvalue weighted by atomic mass is 16.7. The first-order valence-corrected chi connectivity index (χ1v) is 8.86. The molecule has 0 unspecified atom stereocenters. The molecule has 2 aliphatic heterocycles. The van der Waals surface area contributed by atoms with Crippen LogP contribution < -0.4 is 5.32 Å². The van der Waals surface area contributed by atoms with E-state index >= 15 is 0 Å². The van der Waals surface area contributed by atoms with Gasteiger partial charge in [-0.3, -0.25) is 0 Å². The van der Waals surface area contributed by atoms with Crippen LogP contribution in [-0.2, 0) is 14.2 Å². The molecule has 6 nitrogen and oxygen atoms in total. The molecule has 1 N–H and O–H groups in total. The Morgan fingerprint density at radius 3 is 2.48 bits per heavy atom. The Hall–Kier alpha value is -0.850. The molecule has 0 radical (unpaired) electrons. The van der Waals surface area contributed by atoms with Crippen molar-refractivity contribution >= 4 is 6.03 Å². The molecule has 0 aromatic heterocycles. The lowest BCUT2D eigenvalue weighted by molar-refractivity contribution is -0.182. The van der Waals surface area contributed by atoms with Gasteiger partial charge in [0.2, 0.25) is 0 Å². The lowest BCUT2D eigenvalue weighted by atomic mass is 9.85. The minimum Gasteiger partial charge on any atom is -0.369 e. The van der Waals surface area contributed by atoms with E-state index in [0.29, 0.717) is 32.2 Å². The quantitative estimate of drug-likeness (QED) is 0.844. The third kappa shape index (κ3) is 4.17. The Morgan fingerprint density at radius 1 is 1.22 bits per heavy atom. The molecule has 6 heteroatoms. The van der Waals surface area contributed by atoms with Crippen molar-refractivity contribution in [1.29, 1.82) is 0 Å². The van der Waals surface area contributed by atoms with E-state index in [9.17, 15) is 4.79 Å². The fourth-order valence-electron chi connectivity index (χ4n) is 4.06. The van der Waals surface area contributed by atoms with E-state index in [0.717, 1.165) is 32.2 Å². The van der Waals surface area contributed by atoms with Crippen LogP contribution in [0.1, 0.15) is 46.5 Å². The second-order valence-electron chi connectivity index (χ2n) is 7.81. The summed E-state index contributed by atoms with van der Waals surface area (Å²) >= 11 is 0. The van der Waals surface area contributed by atoms with Crippen LogP contribution in [0.25, 0.3) is 0 Å². The molecule has 2 heterocycles. The van der Waals surface area contributed by atoms with E-state index < -0.39 is 0 Å². The number of urea groups is 1. The van der Waals surface area contributed by atoms with Gasteiger partial charge in [0, 0.05) is 25.9 Å². The third-order valence-corrected chi connectivity index (χ3v) is 5.08. The van der Waals surface area contributed by atoms with E-state index in [1.54, 1.807) is 0 Å². The average Bonchev–Trinajstić information content (AvgIpc) is 2.93. The van der Waals surface area contributed by atoms with Crippen molar-refractivity contribution in [3.8, 4) is 0 Å². The number of nitrogens with one attached hydrogen (secondary N) is 1. The highest BCUT2D eigenvalue weighted by Gasteiger charge is 2.40. The van der Waals surface area contributed by atoms with Crippen LogP contribution in [-0.4, -0.2) is 61.3 Å². The number of carbonyl (C=O) groups is 1. The smallest absolute Gasteiger partial charge is 0.317 e. The number of ether oxygens (including phenoxy) is 3. The molecule has 1 spiro atoms. The SMILES string of the molecule is C[C@H]1CN(C(=O)NCC2CCC3(CC2)OCCO3)CC(C)(C)O1. The molecule has 1 saturated carbocycles. The third-order valence-electron chi connectivity index (χ3n) is 5.08. The Kier molecular flexibility index (Phi) is 4.85. The molecule has 3 aliphatic rings. The maximum atomic E-state index is 12.4. The van der Waals surface area contributed by atoms with Gasteiger partial charge in [-0.1, -0.05) is 0 Å². The Balaban J connectivity index is 1.43.